The van der Waals surface area contributed by atoms with Crippen molar-refractivity contribution in [2.24, 2.45) is 17.8 Å². The maximum Gasteiger partial charge on any atom is 0.250 e. The molecule has 6 atom stereocenters. The Hall–Kier alpha value is -2.94. The molecule has 2 aromatic rings. The molecule has 3 fully saturated rings. The zero-order chi connectivity index (χ0) is 28.1. The quantitative estimate of drug-likeness (QED) is 0.449. The molecule has 0 aliphatic carbocycles. The van der Waals surface area contributed by atoms with Gasteiger partial charge < -0.3 is 25.4 Å². The van der Waals surface area contributed by atoms with Crippen LogP contribution in [0, 0.1) is 24.7 Å². The summed E-state index contributed by atoms with van der Waals surface area (Å²) < 4.78 is 6.68. The van der Waals surface area contributed by atoms with Gasteiger partial charge in [0.15, 0.2) is 0 Å². The Morgan fingerprint density at radius 2 is 1.82 bits per heavy atom. The second-order valence-corrected chi connectivity index (χ2v) is 12.1. The molecule has 3 aliphatic rings. The normalized spacial score (nSPS) is 30.0. The zero-order valence-electron chi connectivity index (χ0n) is 22.7. The van der Waals surface area contributed by atoms with E-state index in [2.05, 4.69) is 10.6 Å². The molecule has 3 heterocycles. The average molecular weight is 554 g/mol. The Balaban J connectivity index is 1.56. The number of likely N-dealkylation sites (tertiary alicyclic amines) is 1. The highest BCUT2D eigenvalue weighted by Gasteiger charge is 2.78. The van der Waals surface area contributed by atoms with E-state index in [1.54, 1.807) is 24.3 Å². The molecule has 0 saturated carbocycles. The lowest BCUT2D eigenvalue weighted by Gasteiger charge is -2.37. The van der Waals surface area contributed by atoms with Crippen LogP contribution in [0.15, 0.2) is 48.5 Å². The van der Waals surface area contributed by atoms with Crippen molar-refractivity contribution in [2.45, 2.75) is 70.2 Å². The predicted molar refractivity (Wildman–Crippen MR) is 149 cm³/mol. The largest absolute Gasteiger partial charge is 0.394 e. The Bertz CT molecular complexity index is 1270. The second kappa shape index (κ2) is 10.2. The van der Waals surface area contributed by atoms with Gasteiger partial charge in [-0.2, -0.15) is 0 Å². The number of para-hydroxylation sites is 2. The van der Waals surface area contributed by atoms with Gasteiger partial charge in [-0.25, -0.2) is 0 Å². The number of hydrogen-bond donors (Lipinski definition) is 3. The lowest BCUT2D eigenvalue weighted by Crippen LogP contribution is -2.56. The van der Waals surface area contributed by atoms with Crippen molar-refractivity contribution < 1.29 is 24.2 Å². The summed E-state index contributed by atoms with van der Waals surface area (Å²) in [5.74, 6) is -2.56. The van der Waals surface area contributed by atoms with Crippen LogP contribution in [0.5, 0.6) is 0 Å². The number of amides is 3. The Morgan fingerprint density at radius 3 is 2.46 bits per heavy atom. The number of anilines is 2. The number of carbonyl (C=O) groups excluding carboxylic acids is 3. The van der Waals surface area contributed by atoms with E-state index in [1.807, 2.05) is 52.0 Å². The maximum atomic E-state index is 14.3. The third-order valence-corrected chi connectivity index (χ3v) is 8.92. The third kappa shape index (κ3) is 4.52. The first-order valence-electron chi connectivity index (χ1n) is 13.6. The Morgan fingerprint density at radius 1 is 1.10 bits per heavy atom. The van der Waals surface area contributed by atoms with E-state index in [-0.39, 0.29) is 24.3 Å². The van der Waals surface area contributed by atoms with Crippen LogP contribution >= 0.6 is 11.6 Å². The number of nitrogens with zero attached hydrogens (tertiary/aromatic N) is 1. The number of halogens is 1. The molecule has 5 rings (SSSR count). The summed E-state index contributed by atoms with van der Waals surface area (Å²) in [7, 11) is 0. The molecule has 208 valence electrons. The molecule has 2 bridgehead atoms. The molecule has 1 spiro atoms. The number of rotatable bonds is 8. The van der Waals surface area contributed by atoms with E-state index in [9.17, 15) is 19.5 Å². The van der Waals surface area contributed by atoms with Crippen molar-refractivity contribution in [2.75, 3.05) is 17.2 Å². The van der Waals surface area contributed by atoms with Crippen LogP contribution in [0.1, 0.15) is 45.6 Å². The molecule has 3 amide bonds. The fourth-order valence-electron chi connectivity index (χ4n) is 7.00. The zero-order valence-corrected chi connectivity index (χ0v) is 23.5. The van der Waals surface area contributed by atoms with Crippen LogP contribution in [0.2, 0.25) is 5.02 Å². The van der Waals surface area contributed by atoms with Crippen LogP contribution in [0.4, 0.5) is 11.4 Å². The molecular weight excluding hydrogens is 518 g/mol. The summed E-state index contributed by atoms with van der Waals surface area (Å²) in [6, 6.07) is 12.8. The molecule has 0 radical (unpaired) electrons. The molecule has 3 N–H and O–H groups in total. The maximum absolute atomic E-state index is 14.3. The Labute approximate surface area is 234 Å². The first-order chi connectivity index (χ1) is 18.5. The van der Waals surface area contributed by atoms with E-state index in [1.165, 1.54) is 4.90 Å². The summed E-state index contributed by atoms with van der Waals surface area (Å²) in [4.78, 5) is 43.7. The molecule has 2 unspecified atom stereocenters. The van der Waals surface area contributed by atoms with Gasteiger partial charge in [0.2, 0.25) is 17.7 Å². The third-order valence-electron chi connectivity index (χ3n) is 8.60. The SMILES string of the molecule is Cc1cccc(Cl)c1NC(=O)C1N([C@@H](CO)CC(C)C)C(=O)[C@@H]2[C@H](C(=O)Nc3ccccc3)[C@]3(C)CCC12O3. The highest BCUT2D eigenvalue weighted by Crippen LogP contribution is 2.63. The van der Waals surface area contributed by atoms with Crippen LogP contribution in [-0.4, -0.2) is 57.6 Å². The van der Waals surface area contributed by atoms with Gasteiger partial charge in [0.05, 0.1) is 40.8 Å². The van der Waals surface area contributed by atoms with Gasteiger partial charge in [0.1, 0.15) is 11.6 Å². The lowest BCUT2D eigenvalue weighted by molar-refractivity contribution is -0.147. The minimum Gasteiger partial charge on any atom is -0.394 e. The van der Waals surface area contributed by atoms with Crippen molar-refractivity contribution in [3.05, 3.63) is 59.1 Å². The van der Waals surface area contributed by atoms with Crippen molar-refractivity contribution in [1.29, 1.82) is 0 Å². The molecule has 0 aromatic heterocycles. The van der Waals surface area contributed by atoms with Gasteiger partial charge in [-0.3, -0.25) is 14.4 Å². The van der Waals surface area contributed by atoms with Crippen molar-refractivity contribution >= 4 is 40.7 Å². The summed E-state index contributed by atoms with van der Waals surface area (Å²) in [6.07, 6.45) is 1.48. The summed E-state index contributed by atoms with van der Waals surface area (Å²) in [5.41, 5.74) is -0.226. The van der Waals surface area contributed by atoms with Crippen molar-refractivity contribution in [1.82, 2.24) is 4.90 Å². The summed E-state index contributed by atoms with van der Waals surface area (Å²) >= 11 is 6.44. The van der Waals surface area contributed by atoms with Crippen LogP contribution in [0.3, 0.4) is 0 Å². The van der Waals surface area contributed by atoms with Crippen LogP contribution in [0.25, 0.3) is 0 Å². The van der Waals surface area contributed by atoms with E-state index in [0.29, 0.717) is 35.7 Å². The van der Waals surface area contributed by atoms with Gasteiger partial charge in [-0.05, 0) is 62.8 Å². The highest BCUT2D eigenvalue weighted by molar-refractivity contribution is 6.34. The van der Waals surface area contributed by atoms with E-state index in [4.69, 9.17) is 16.3 Å². The van der Waals surface area contributed by atoms with Crippen molar-refractivity contribution in [3.63, 3.8) is 0 Å². The topological polar surface area (TPSA) is 108 Å². The number of benzene rings is 2. The summed E-state index contributed by atoms with van der Waals surface area (Å²) in [6.45, 7) is 7.41. The van der Waals surface area contributed by atoms with E-state index >= 15 is 0 Å². The number of hydrogen-bond acceptors (Lipinski definition) is 5. The number of fused-ring (bicyclic) bond motifs is 1. The van der Waals surface area contributed by atoms with Crippen LogP contribution in [-0.2, 0) is 19.1 Å². The number of aliphatic hydroxyl groups excluding tert-OH is 1. The molecule has 2 aromatic carbocycles. The summed E-state index contributed by atoms with van der Waals surface area (Å²) in [5, 5.41) is 16.7. The molecule has 39 heavy (non-hydrogen) atoms. The number of nitrogens with one attached hydrogen (secondary N) is 2. The number of carbonyl (C=O) groups is 3. The van der Waals surface area contributed by atoms with Gasteiger partial charge in [0, 0.05) is 5.69 Å². The number of aliphatic hydroxyl groups is 1. The number of aryl methyl sites for hydroxylation is 1. The first-order valence-corrected chi connectivity index (χ1v) is 14.0. The fraction of sp³-hybridized carbons (Fsp3) is 0.500. The molecule has 9 heteroatoms. The smallest absolute Gasteiger partial charge is 0.250 e. The van der Waals surface area contributed by atoms with Crippen LogP contribution < -0.4 is 10.6 Å². The second-order valence-electron chi connectivity index (χ2n) is 11.7. The monoisotopic (exact) mass is 553 g/mol. The fourth-order valence-corrected chi connectivity index (χ4v) is 7.27. The molecule has 8 nitrogen and oxygen atoms in total. The van der Waals surface area contributed by atoms with Gasteiger partial charge in [-0.1, -0.05) is 55.8 Å². The lowest BCUT2D eigenvalue weighted by atomic mass is 9.66. The highest BCUT2D eigenvalue weighted by atomic mass is 35.5. The molecular formula is C30H36ClN3O5. The Kier molecular flexibility index (Phi) is 7.24. The molecule has 3 saturated heterocycles. The first kappa shape index (κ1) is 27.6. The standard InChI is InChI=1S/C30H36ClN3O5/c1-17(2)15-20(16-35)34-25(27(37)33-24-18(3)9-8-12-21(24)31)30-14-13-29(4,39-30)22(23(30)28(34)38)26(36)32-19-10-6-5-7-11-19/h5-12,17,20,22-23,25,35H,13-16H2,1-4H3,(H,32,36)(H,33,37)/t20-,22-,23+,25?,29+,30?/m1/s1. The van der Waals surface area contributed by atoms with Gasteiger partial charge in [0.25, 0.3) is 0 Å². The van der Waals surface area contributed by atoms with Crippen molar-refractivity contribution in [3.8, 4) is 0 Å². The predicted octanol–water partition coefficient (Wildman–Crippen LogP) is 4.40. The minimum absolute atomic E-state index is 0.161. The van der Waals surface area contributed by atoms with E-state index in [0.717, 1.165) is 5.56 Å². The van der Waals surface area contributed by atoms with E-state index < -0.39 is 41.0 Å². The average Bonchev–Trinajstić information content (AvgIpc) is 3.46. The van der Waals surface area contributed by atoms with Gasteiger partial charge in [-0.15, -0.1) is 0 Å². The molecule has 3 aliphatic heterocycles. The minimum atomic E-state index is -1.20. The number of ether oxygens (including phenoxy) is 1. The van der Waals surface area contributed by atoms with Gasteiger partial charge >= 0.3 is 0 Å².